The number of fused-ring (bicyclic) bond motifs is 1. The Morgan fingerprint density at radius 1 is 1.13 bits per heavy atom. The summed E-state index contributed by atoms with van der Waals surface area (Å²) >= 11 is 5.81. The predicted molar refractivity (Wildman–Crippen MR) is 63.6 cm³/mol. The highest BCUT2D eigenvalue weighted by atomic mass is 35.5. The second kappa shape index (κ2) is 4.03. The minimum atomic E-state index is -0.476. The lowest BCUT2D eigenvalue weighted by Crippen LogP contribution is -2.10. The van der Waals surface area contributed by atoms with Crippen LogP contribution in [0.5, 0.6) is 0 Å². The van der Waals surface area contributed by atoms with Gasteiger partial charge in [0.05, 0.1) is 5.38 Å². The lowest BCUT2D eigenvalue weighted by molar-refractivity contribution is 0.0993. The van der Waals surface area contributed by atoms with Gasteiger partial charge in [-0.25, -0.2) is 0 Å². The molecule has 1 unspecified atom stereocenters. The maximum Gasteiger partial charge on any atom is 0.180 e. The molecule has 2 aromatic rings. The van der Waals surface area contributed by atoms with Gasteiger partial charge in [-0.15, -0.1) is 11.6 Å². The molecule has 76 valence electrons. The van der Waals surface area contributed by atoms with Crippen molar-refractivity contribution < 1.29 is 4.79 Å². The van der Waals surface area contributed by atoms with Crippen LogP contribution in [0.3, 0.4) is 0 Å². The van der Waals surface area contributed by atoms with Crippen LogP contribution in [-0.2, 0) is 0 Å². The Hall–Kier alpha value is -1.34. The number of hydrogen-bond acceptors (Lipinski definition) is 1. The van der Waals surface area contributed by atoms with E-state index in [4.69, 9.17) is 11.6 Å². The molecule has 0 spiro atoms. The highest BCUT2D eigenvalue weighted by Crippen LogP contribution is 2.20. The Bertz CT molecular complexity index is 497. The molecule has 0 radical (unpaired) electrons. The zero-order chi connectivity index (χ0) is 10.8. The fourth-order valence-electron chi connectivity index (χ4n) is 1.65. The monoisotopic (exact) mass is 218 g/mol. The fraction of sp³-hybridized carbons (Fsp3) is 0.154. The van der Waals surface area contributed by atoms with Crippen molar-refractivity contribution in [2.45, 2.75) is 12.3 Å². The summed E-state index contributed by atoms with van der Waals surface area (Å²) < 4.78 is 0. The third-order valence-corrected chi connectivity index (χ3v) is 2.61. The van der Waals surface area contributed by atoms with Crippen LogP contribution in [0.2, 0.25) is 0 Å². The fourth-order valence-corrected chi connectivity index (χ4v) is 1.77. The average Bonchev–Trinajstić information content (AvgIpc) is 2.27. The van der Waals surface area contributed by atoms with E-state index in [0.29, 0.717) is 5.56 Å². The molecule has 0 saturated heterocycles. The molecule has 1 atom stereocenters. The molecule has 2 rings (SSSR count). The van der Waals surface area contributed by atoms with Gasteiger partial charge in [0.2, 0.25) is 0 Å². The largest absolute Gasteiger partial charge is 0.292 e. The van der Waals surface area contributed by atoms with Crippen LogP contribution in [0, 0.1) is 0 Å². The molecular formula is C13H11ClO. The van der Waals surface area contributed by atoms with Gasteiger partial charge in [0, 0.05) is 5.56 Å². The van der Waals surface area contributed by atoms with Crippen LogP contribution in [-0.4, -0.2) is 11.2 Å². The van der Waals surface area contributed by atoms with Gasteiger partial charge in [0.25, 0.3) is 0 Å². The Morgan fingerprint density at radius 2 is 1.80 bits per heavy atom. The number of rotatable bonds is 2. The second-order valence-electron chi connectivity index (χ2n) is 3.51. The van der Waals surface area contributed by atoms with Crippen molar-refractivity contribution in [1.29, 1.82) is 0 Å². The van der Waals surface area contributed by atoms with Gasteiger partial charge in [-0.3, -0.25) is 4.79 Å². The van der Waals surface area contributed by atoms with E-state index in [1.54, 1.807) is 6.92 Å². The van der Waals surface area contributed by atoms with Crippen molar-refractivity contribution in [2.75, 3.05) is 0 Å². The molecule has 0 aliphatic carbocycles. The first-order valence-electron chi connectivity index (χ1n) is 4.86. The molecule has 15 heavy (non-hydrogen) atoms. The molecular weight excluding hydrogens is 208 g/mol. The Labute approximate surface area is 93.7 Å². The van der Waals surface area contributed by atoms with E-state index in [9.17, 15) is 4.79 Å². The first-order chi connectivity index (χ1) is 7.20. The number of ketones is 1. The SMILES string of the molecule is CC(Cl)C(=O)c1cccc2ccccc12. The normalized spacial score (nSPS) is 12.7. The molecule has 0 fully saturated rings. The Morgan fingerprint density at radius 3 is 2.53 bits per heavy atom. The first-order valence-corrected chi connectivity index (χ1v) is 5.30. The minimum Gasteiger partial charge on any atom is -0.292 e. The van der Waals surface area contributed by atoms with Crippen LogP contribution >= 0.6 is 11.6 Å². The highest BCUT2D eigenvalue weighted by molar-refractivity contribution is 6.34. The third-order valence-electron chi connectivity index (χ3n) is 2.42. The molecule has 0 heterocycles. The molecule has 1 nitrogen and oxygen atoms in total. The standard InChI is InChI=1S/C13H11ClO/c1-9(14)13(15)12-8-4-6-10-5-2-3-7-11(10)12/h2-9H,1H3. The van der Waals surface area contributed by atoms with E-state index in [1.165, 1.54) is 0 Å². The second-order valence-corrected chi connectivity index (χ2v) is 4.16. The molecule has 0 aromatic heterocycles. The van der Waals surface area contributed by atoms with Gasteiger partial charge >= 0.3 is 0 Å². The van der Waals surface area contributed by atoms with Crippen LogP contribution in [0.4, 0.5) is 0 Å². The Kier molecular flexibility index (Phi) is 2.74. The maximum absolute atomic E-state index is 11.8. The van der Waals surface area contributed by atoms with Crippen LogP contribution in [0.1, 0.15) is 17.3 Å². The van der Waals surface area contributed by atoms with Crippen molar-refractivity contribution in [1.82, 2.24) is 0 Å². The summed E-state index contributed by atoms with van der Waals surface area (Å²) in [7, 11) is 0. The first kappa shape index (κ1) is 10.2. The van der Waals surface area contributed by atoms with Crippen molar-refractivity contribution in [3.63, 3.8) is 0 Å². The molecule has 0 aliphatic rings. The van der Waals surface area contributed by atoms with Gasteiger partial charge in [-0.2, -0.15) is 0 Å². The molecule has 0 bridgehead atoms. The third kappa shape index (κ3) is 1.88. The van der Waals surface area contributed by atoms with Crippen LogP contribution in [0.15, 0.2) is 42.5 Å². The summed E-state index contributed by atoms with van der Waals surface area (Å²) in [5, 5.41) is 1.56. The zero-order valence-electron chi connectivity index (χ0n) is 8.41. The topological polar surface area (TPSA) is 17.1 Å². The minimum absolute atomic E-state index is 0.0199. The molecule has 0 aliphatic heterocycles. The number of alkyl halides is 1. The summed E-state index contributed by atoms with van der Waals surface area (Å²) in [6.07, 6.45) is 0. The van der Waals surface area contributed by atoms with E-state index < -0.39 is 5.38 Å². The predicted octanol–water partition coefficient (Wildman–Crippen LogP) is 3.65. The molecule has 0 N–H and O–H groups in total. The maximum atomic E-state index is 11.8. The summed E-state index contributed by atoms with van der Waals surface area (Å²) in [4.78, 5) is 11.8. The lowest BCUT2D eigenvalue weighted by atomic mass is 10.0. The van der Waals surface area contributed by atoms with Crippen molar-refractivity contribution >= 4 is 28.2 Å². The quantitative estimate of drug-likeness (QED) is 0.556. The molecule has 0 saturated carbocycles. The summed E-state index contributed by atoms with van der Waals surface area (Å²) in [5.41, 5.74) is 0.704. The number of carbonyl (C=O) groups excluding carboxylic acids is 1. The molecule has 0 amide bonds. The van der Waals surface area contributed by atoms with Crippen molar-refractivity contribution in [3.05, 3.63) is 48.0 Å². The van der Waals surface area contributed by atoms with Crippen molar-refractivity contribution in [2.24, 2.45) is 0 Å². The zero-order valence-corrected chi connectivity index (χ0v) is 9.16. The smallest absolute Gasteiger partial charge is 0.180 e. The lowest BCUT2D eigenvalue weighted by Gasteiger charge is -2.06. The summed E-state index contributed by atoms with van der Waals surface area (Å²) in [5.74, 6) is -0.0199. The number of Topliss-reactive ketones (excluding diaryl/α,β-unsaturated/α-hetero) is 1. The summed E-state index contributed by atoms with van der Waals surface area (Å²) in [6, 6.07) is 13.5. The summed E-state index contributed by atoms with van der Waals surface area (Å²) in [6.45, 7) is 1.70. The Balaban J connectivity index is 2.66. The number of halogens is 1. The van der Waals surface area contributed by atoms with E-state index in [2.05, 4.69) is 0 Å². The van der Waals surface area contributed by atoms with Crippen molar-refractivity contribution in [3.8, 4) is 0 Å². The van der Waals surface area contributed by atoms with Gasteiger partial charge in [-0.05, 0) is 17.7 Å². The molecule has 2 heteroatoms. The van der Waals surface area contributed by atoms with Gasteiger partial charge < -0.3 is 0 Å². The van der Waals surface area contributed by atoms with E-state index >= 15 is 0 Å². The number of hydrogen-bond donors (Lipinski definition) is 0. The van der Waals surface area contributed by atoms with Gasteiger partial charge in [0.1, 0.15) is 0 Å². The van der Waals surface area contributed by atoms with E-state index in [0.717, 1.165) is 10.8 Å². The van der Waals surface area contributed by atoms with Gasteiger partial charge in [-0.1, -0.05) is 42.5 Å². The van der Waals surface area contributed by atoms with E-state index in [-0.39, 0.29) is 5.78 Å². The molecule has 2 aromatic carbocycles. The van der Waals surface area contributed by atoms with Crippen LogP contribution in [0.25, 0.3) is 10.8 Å². The number of benzene rings is 2. The van der Waals surface area contributed by atoms with E-state index in [1.807, 2.05) is 42.5 Å². The van der Waals surface area contributed by atoms with Gasteiger partial charge in [0.15, 0.2) is 5.78 Å². The average molecular weight is 219 g/mol. The van der Waals surface area contributed by atoms with Crippen LogP contribution < -0.4 is 0 Å². The highest BCUT2D eigenvalue weighted by Gasteiger charge is 2.14. The number of carbonyl (C=O) groups is 1.